The molecule has 2 unspecified atom stereocenters. The highest BCUT2D eigenvalue weighted by Crippen LogP contribution is 2.19. The summed E-state index contributed by atoms with van der Waals surface area (Å²) in [5.74, 6) is 0. The third-order valence-corrected chi connectivity index (χ3v) is 2.46. The van der Waals surface area contributed by atoms with Crippen LogP contribution in [0.2, 0.25) is 0 Å². The summed E-state index contributed by atoms with van der Waals surface area (Å²) in [6.07, 6.45) is 3.43. The Hall–Kier alpha value is -0.440. The minimum Gasteiger partial charge on any atom is -0.303 e. The lowest BCUT2D eigenvalue weighted by Gasteiger charge is -2.19. The molecule has 11 heavy (non-hydrogen) atoms. The summed E-state index contributed by atoms with van der Waals surface area (Å²) < 4.78 is 0. The quantitative estimate of drug-likeness (QED) is 0.582. The zero-order valence-corrected chi connectivity index (χ0v) is 7.29. The molecule has 3 heteroatoms. The van der Waals surface area contributed by atoms with E-state index in [1.807, 2.05) is 6.92 Å². The maximum atomic E-state index is 10.1. The molecule has 0 N–H and O–H groups in total. The van der Waals surface area contributed by atoms with Crippen LogP contribution in [0.3, 0.4) is 0 Å². The molecule has 0 aromatic heterocycles. The fraction of sp³-hybridized carbons (Fsp3) is 1.00. The molecule has 0 aromatic carbocycles. The molecule has 1 heterocycles. The Morgan fingerprint density at radius 1 is 1.73 bits per heavy atom. The van der Waals surface area contributed by atoms with Crippen molar-refractivity contribution in [3.63, 3.8) is 0 Å². The second kappa shape index (κ2) is 3.81. The molecule has 0 aromatic rings. The van der Waals surface area contributed by atoms with Gasteiger partial charge in [-0.25, -0.2) is 0 Å². The Kier molecular flexibility index (Phi) is 3.00. The van der Waals surface area contributed by atoms with E-state index in [4.69, 9.17) is 0 Å². The van der Waals surface area contributed by atoms with E-state index in [1.165, 1.54) is 19.4 Å². The van der Waals surface area contributed by atoms with Gasteiger partial charge in [0.15, 0.2) is 0 Å². The molecule has 3 nitrogen and oxygen atoms in total. The summed E-state index contributed by atoms with van der Waals surface area (Å²) in [5.41, 5.74) is 0. The zero-order valence-electron chi connectivity index (χ0n) is 7.29. The molecule has 1 fully saturated rings. The number of likely N-dealkylation sites (tertiary alicyclic amines) is 1. The van der Waals surface area contributed by atoms with Gasteiger partial charge >= 0.3 is 0 Å². The van der Waals surface area contributed by atoms with Crippen LogP contribution in [0.1, 0.15) is 26.2 Å². The smallest absolute Gasteiger partial charge is 0.0906 e. The SMILES string of the molecule is CC(CC1CCCN1C)N=O. The molecule has 1 saturated heterocycles. The van der Waals surface area contributed by atoms with Crippen molar-refractivity contribution < 1.29 is 0 Å². The van der Waals surface area contributed by atoms with E-state index in [1.54, 1.807) is 0 Å². The summed E-state index contributed by atoms with van der Waals surface area (Å²) in [6.45, 7) is 3.06. The van der Waals surface area contributed by atoms with Crippen LogP contribution in [0, 0.1) is 4.91 Å². The zero-order chi connectivity index (χ0) is 8.27. The third-order valence-electron chi connectivity index (χ3n) is 2.46. The van der Waals surface area contributed by atoms with Crippen LogP contribution in [-0.2, 0) is 0 Å². The molecule has 0 bridgehead atoms. The summed E-state index contributed by atoms with van der Waals surface area (Å²) >= 11 is 0. The highest BCUT2D eigenvalue weighted by molar-refractivity contribution is 4.79. The van der Waals surface area contributed by atoms with Crippen LogP contribution >= 0.6 is 0 Å². The minimum absolute atomic E-state index is 0.0134. The molecule has 0 aliphatic carbocycles. The van der Waals surface area contributed by atoms with E-state index in [9.17, 15) is 4.91 Å². The van der Waals surface area contributed by atoms with Gasteiger partial charge in [-0.2, -0.15) is 4.91 Å². The second-order valence-corrected chi connectivity index (χ2v) is 3.47. The molecular weight excluding hydrogens is 140 g/mol. The van der Waals surface area contributed by atoms with E-state index in [0.29, 0.717) is 6.04 Å². The van der Waals surface area contributed by atoms with Gasteiger partial charge in [0, 0.05) is 6.04 Å². The van der Waals surface area contributed by atoms with Crippen LogP contribution in [-0.4, -0.2) is 30.6 Å². The van der Waals surface area contributed by atoms with Crippen LogP contribution in [0.15, 0.2) is 5.18 Å². The van der Waals surface area contributed by atoms with Gasteiger partial charge in [0.25, 0.3) is 0 Å². The van der Waals surface area contributed by atoms with Gasteiger partial charge < -0.3 is 4.90 Å². The van der Waals surface area contributed by atoms with Crippen LogP contribution in [0.4, 0.5) is 0 Å². The Morgan fingerprint density at radius 3 is 2.91 bits per heavy atom. The van der Waals surface area contributed by atoms with Gasteiger partial charge in [0.05, 0.1) is 6.04 Å². The Morgan fingerprint density at radius 2 is 2.45 bits per heavy atom. The summed E-state index contributed by atoms with van der Waals surface area (Å²) in [7, 11) is 2.12. The molecule has 1 aliphatic rings. The van der Waals surface area contributed by atoms with Crippen molar-refractivity contribution in [1.29, 1.82) is 0 Å². The first-order chi connectivity index (χ1) is 5.24. The standard InChI is InChI=1S/C8H16N2O/c1-7(9-11)6-8-4-3-5-10(8)2/h7-8H,3-6H2,1-2H3. The molecule has 0 saturated carbocycles. The van der Waals surface area contributed by atoms with Crippen LogP contribution < -0.4 is 0 Å². The highest BCUT2D eigenvalue weighted by atomic mass is 16.3. The van der Waals surface area contributed by atoms with E-state index >= 15 is 0 Å². The molecule has 2 atom stereocenters. The average molecular weight is 156 g/mol. The normalized spacial score (nSPS) is 28.7. The summed E-state index contributed by atoms with van der Waals surface area (Å²) in [6, 6.07) is 0.586. The van der Waals surface area contributed by atoms with E-state index in [2.05, 4.69) is 17.1 Å². The van der Waals surface area contributed by atoms with Gasteiger partial charge in [-0.3, -0.25) is 0 Å². The average Bonchev–Trinajstić information content (AvgIpc) is 2.37. The Labute approximate surface area is 67.7 Å². The molecule has 0 amide bonds. The van der Waals surface area contributed by atoms with Crippen molar-refractivity contribution in [2.75, 3.05) is 13.6 Å². The largest absolute Gasteiger partial charge is 0.303 e. The molecule has 1 aliphatic heterocycles. The topological polar surface area (TPSA) is 32.7 Å². The molecule has 0 radical (unpaired) electrons. The molecule has 1 rings (SSSR count). The van der Waals surface area contributed by atoms with E-state index in [0.717, 1.165) is 6.42 Å². The lowest BCUT2D eigenvalue weighted by molar-refractivity contribution is 0.285. The van der Waals surface area contributed by atoms with E-state index in [-0.39, 0.29) is 6.04 Å². The summed E-state index contributed by atoms with van der Waals surface area (Å²) in [5, 5.41) is 3.01. The van der Waals surface area contributed by atoms with Gasteiger partial charge in [0.1, 0.15) is 0 Å². The van der Waals surface area contributed by atoms with Crippen LogP contribution in [0.25, 0.3) is 0 Å². The number of nitrogens with zero attached hydrogens (tertiary/aromatic N) is 2. The third kappa shape index (κ3) is 2.26. The number of hydrogen-bond acceptors (Lipinski definition) is 3. The Balaban J connectivity index is 2.30. The van der Waals surface area contributed by atoms with Gasteiger partial charge in [-0.15, -0.1) is 0 Å². The lowest BCUT2D eigenvalue weighted by Crippen LogP contribution is -2.27. The van der Waals surface area contributed by atoms with Gasteiger partial charge in [-0.1, -0.05) is 5.18 Å². The maximum Gasteiger partial charge on any atom is 0.0906 e. The van der Waals surface area contributed by atoms with Crippen LogP contribution in [0.5, 0.6) is 0 Å². The predicted molar refractivity (Wildman–Crippen MR) is 45.5 cm³/mol. The summed E-state index contributed by atoms with van der Waals surface area (Å²) in [4.78, 5) is 12.5. The van der Waals surface area contributed by atoms with E-state index < -0.39 is 0 Å². The molecular formula is C8H16N2O. The van der Waals surface area contributed by atoms with Crippen molar-refractivity contribution in [3.8, 4) is 0 Å². The fourth-order valence-corrected chi connectivity index (χ4v) is 1.71. The number of nitroso groups, excluding NO2 is 1. The maximum absolute atomic E-state index is 10.1. The monoisotopic (exact) mass is 156 g/mol. The fourth-order valence-electron chi connectivity index (χ4n) is 1.71. The predicted octanol–water partition coefficient (Wildman–Crippen LogP) is 1.63. The second-order valence-electron chi connectivity index (χ2n) is 3.47. The first kappa shape index (κ1) is 8.65. The Bertz CT molecular complexity index is 138. The minimum atomic E-state index is -0.0134. The molecule has 0 spiro atoms. The number of rotatable bonds is 3. The highest BCUT2D eigenvalue weighted by Gasteiger charge is 2.22. The van der Waals surface area contributed by atoms with Crippen molar-refractivity contribution in [3.05, 3.63) is 4.91 Å². The lowest BCUT2D eigenvalue weighted by atomic mass is 10.1. The number of hydrogen-bond donors (Lipinski definition) is 0. The first-order valence-electron chi connectivity index (χ1n) is 4.26. The van der Waals surface area contributed by atoms with Crippen molar-refractivity contribution in [1.82, 2.24) is 4.90 Å². The van der Waals surface area contributed by atoms with Crippen molar-refractivity contribution in [2.45, 2.75) is 38.3 Å². The van der Waals surface area contributed by atoms with Crippen molar-refractivity contribution >= 4 is 0 Å². The first-order valence-corrected chi connectivity index (χ1v) is 4.26. The molecule has 64 valence electrons. The van der Waals surface area contributed by atoms with Gasteiger partial charge in [-0.05, 0) is 39.8 Å². The van der Waals surface area contributed by atoms with Gasteiger partial charge in [0.2, 0.25) is 0 Å². The van der Waals surface area contributed by atoms with Crippen molar-refractivity contribution in [2.24, 2.45) is 5.18 Å².